The van der Waals surface area contributed by atoms with E-state index >= 15 is 0 Å². The lowest BCUT2D eigenvalue weighted by atomic mass is 9.82. The first-order valence-corrected chi connectivity index (χ1v) is 7.72. The zero-order chi connectivity index (χ0) is 13.0. The third kappa shape index (κ3) is 3.71. The van der Waals surface area contributed by atoms with Crippen molar-refractivity contribution in [3.8, 4) is 0 Å². The van der Waals surface area contributed by atoms with Gasteiger partial charge in [-0.25, -0.2) is 0 Å². The van der Waals surface area contributed by atoms with Crippen molar-refractivity contribution in [1.82, 2.24) is 5.32 Å². The summed E-state index contributed by atoms with van der Waals surface area (Å²) in [5, 5.41) is 3.80. The summed E-state index contributed by atoms with van der Waals surface area (Å²) in [5.74, 6) is 0.898. The van der Waals surface area contributed by atoms with Gasteiger partial charge in [0, 0.05) is 18.0 Å². The molecule has 0 heterocycles. The molecule has 0 bridgehead atoms. The van der Waals surface area contributed by atoms with Crippen molar-refractivity contribution in [2.24, 2.45) is 17.6 Å². The van der Waals surface area contributed by atoms with E-state index in [4.69, 9.17) is 5.73 Å². The van der Waals surface area contributed by atoms with E-state index in [0.29, 0.717) is 12.1 Å². The molecule has 3 heteroatoms. The third-order valence-electron chi connectivity index (χ3n) is 4.99. The highest BCUT2D eigenvalue weighted by molar-refractivity contribution is 5.76. The van der Waals surface area contributed by atoms with Gasteiger partial charge in [0.15, 0.2) is 0 Å². The third-order valence-corrected chi connectivity index (χ3v) is 4.99. The summed E-state index contributed by atoms with van der Waals surface area (Å²) in [6.07, 6.45) is 11.2. The number of rotatable bonds is 4. The molecule has 1 amide bonds. The molecule has 104 valence electrons. The molecule has 2 saturated carbocycles. The van der Waals surface area contributed by atoms with Crippen molar-refractivity contribution in [2.75, 3.05) is 0 Å². The van der Waals surface area contributed by atoms with Gasteiger partial charge in [-0.05, 0) is 51.4 Å². The minimum Gasteiger partial charge on any atom is -0.369 e. The summed E-state index contributed by atoms with van der Waals surface area (Å²) < 4.78 is 0. The summed E-state index contributed by atoms with van der Waals surface area (Å²) in [4.78, 5) is 11.1. The molecule has 3 N–H and O–H groups in total. The number of carbonyl (C=O) groups is 1. The minimum absolute atomic E-state index is 0.103. The van der Waals surface area contributed by atoms with Gasteiger partial charge in [-0.1, -0.05) is 19.3 Å². The van der Waals surface area contributed by atoms with Crippen molar-refractivity contribution >= 4 is 5.91 Å². The Kier molecular flexibility index (Phi) is 5.04. The molecule has 2 aliphatic carbocycles. The molecule has 2 aliphatic rings. The lowest BCUT2D eigenvalue weighted by Gasteiger charge is -2.34. The van der Waals surface area contributed by atoms with E-state index in [1.807, 2.05) is 0 Å². The van der Waals surface area contributed by atoms with Crippen molar-refractivity contribution in [2.45, 2.75) is 76.8 Å². The maximum atomic E-state index is 11.1. The van der Waals surface area contributed by atoms with Crippen LogP contribution in [0.1, 0.15) is 64.7 Å². The van der Waals surface area contributed by atoms with Crippen LogP contribution in [0.3, 0.4) is 0 Å². The van der Waals surface area contributed by atoms with E-state index in [1.165, 1.54) is 32.1 Å². The van der Waals surface area contributed by atoms with Crippen LogP contribution >= 0.6 is 0 Å². The van der Waals surface area contributed by atoms with E-state index < -0.39 is 0 Å². The maximum Gasteiger partial charge on any atom is 0.220 e. The van der Waals surface area contributed by atoms with Gasteiger partial charge in [0.05, 0.1) is 0 Å². The Morgan fingerprint density at radius 3 is 2.22 bits per heavy atom. The van der Waals surface area contributed by atoms with Crippen LogP contribution in [0.2, 0.25) is 0 Å². The second kappa shape index (κ2) is 6.55. The van der Waals surface area contributed by atoms with Crippen LogP contribution < -0.4 is 11.1 Å². The number of hydrogen-bond acceptors (Lipinski definition) is 2. The van der Waals surface area contributed by atoms with Crippen LogP contribution in [0.25, 0.3) is 0 Å². The molecule has 0 aromatic carbocycles. The van der Waals surface area contributed by atoms with Crippen molar-refractivity contribution in [3.05, 3.63) is 0 Å². The summed E-state index contributed by atoms with van der Waals surface area (Å²) >= 11 is 0. The highest BCUT2D eigenvalue weighted by Crippen LogP contribution is 2.29. The topological polar surface area (TPSA) is 55.1 Å². The summed E-state index contributed by atoms with van der Waals surface area (Å²) in [6, 6.07) is 1.25. The molecule has 2 fully saturated rings. The summed E-state index contributed by atoms with van der Waals surface area (Å²) in [5.41, 5.74) is 5.37. The van der Waals surface area contributed by atoms with Gasteiger partial charge in [0.25, 0.3) is 0 Å². The minimum atomic E-state index is -0.103. The second-order valence-electron chi connectivity index (χ2n) is 6.30. The van der Waals surface area contributed by atoms with Crippen LogP contribution in [0, 0.1) is 11.8 Å². The molecule has 18 heavy (non-hydrogen) atoms. The van der Waals surface area contributed by atoms with E-state index in [2.05, 4.69) is 12.2 Å². The quantitative estimate of drug-likeness (QED) is 0.808. The van der Waals surface area contributed by atoms with Crippen LogP contribution in [-0.4, -0.2) is 18.0 Å². The molecule has 0 aliphatic heterocycles. The number of primary amides is 1. The Hall–Kier alpha value is -0.570. The van der Waals surface area contributed by atoms with Gasteiger partial charge in [-0.2, -0.15) is 0 Å². The molecule has 0 aromatic rings. The normalized spacial score (nSPS) is 32.1. The Bertz CT molecular complexity index is 266. The molecule has 0 spiro atoms. The fourth-order valence-electron chi connectivity index (χ4n) is 3.69. The van der Waals surface area contributed by atoms with E-state index in [0.717, 1.165) is 31.6 Å². The molecule has 0 saturated heterocycles. The zero-order valence-electron chi connectivity index (χ0n) is 11.7. The predicted octanol–water partition coefficient (Wildman–Crippen LogP) is 2.59. The molecular formula is C15H28N2O. The monoisotopic (exact) mass is 252 g/mol. The van der Waals surface area contributed by atoms with Crippen LogP contribution in [-0.2, 0) is 4.79 Å². The average Bonchev–Trinajstić information content (AvgIpc) is 2.40. The fourth-order valence-corrected chi connectivity index (χ4v) is 3.69. The highest BCUT2D eigenvalue weighted by atomic mass is 16.1. The lowest BCUT2D eigenvalue weighted by molar-refractivity contribution is -0.122. The van der Waals surface area contributed by atoms with Gasteiger partial charge in [-0.15, -0.1) is 0 Å². The molecule has 0 radical (unpaired) electrons. The number of hydrogen-bond donors (Lipinski definition) is 2. The average molecular weight is 252 g/mol. The van der Waals surface area contributed by atoms with E-state index in [1.54, 1.807) is 0 Å². The number of carbonyl (C=O) groups excluding carboxylic acids is 1. The lowest BCUT2D eigenvalue weighted by Crippen LogP contribution is -2.44. The van der Waals surface area contributed by atoms with E-state index in [-0.39, 0.29) is 11.8 Å². The Morgan fingerprint density at radius 1 is 1.06 bits per heavy atom. The SMILES string of the molecule is CC(NC1CCC(C(N)=O)CC1)C1CCCCC1. The van der Waals surface area contributed by atoms with E-state index in [9.17, 15) is 4.79 Å². The van der Waals surface area contributed by atoms with Crippen molar-refractivity contribution < 1.29 is 4.79 Å². The highest BCUT2D eigenvalue weighted by Gasteiger charge is 2.27. The first-order valence-electron chi connectivity index (χ1n) is 7.72. The maximum absolute atomic E-state index is 11.1. The van der Waals surface area contributed by atoms with Gasteiger partial charge in [0.2, 0.25) is 5.91 Å². The molecule has 0 aromatic heterocycles. The fraction of sp³-hybridized carbons (Fsp3) is 0.933. The van der Waals surface area contributed by atoms with Gasteiger partial charge in [-0.3, -0.25) is 4.79 Å². The summed E-state index contributed by atoms with van der Waals surface area (Å²) in [7, 11) is 0. The Labute approximate surface area is 111 Å². The molecular weight excluding hydrogens is 224 g/mol. The van der Waals surface area contributed by atoms with Crippen LogP contribution in [0.15, 0.2) is 0 Å². The Morgan fingerprint density at radius 2 is 1.67 bits per heavy atom. The van der Waals surface area contributed by atoms with Crippen LogP contribution in [0.4, 0.5) is 0 Å². The standard InChI is InChI=1S/C15H28N2O/c1-11(12-5-3-2-4-6-12)17-14-9-7-13(8-10-14)15(16)18/h11-14,17H,2-10H2,1H3,(H2,16,18). The molecule has 1 unspecified atom stereocenters. The van der Waals surface area contributed by atoms with Crippen molar-refractivity contribution in [3.63, 3.8) is 0 Å². The predicted molar refractivity (Wildman–Crippen MR) is 74.1 cm³/mol. The number of nitrogens with one attached hydrogen (secondary N) is 1. The van der Waals surface area contributed by atoms with Gasteiger partial charge in [0.1, 0.15) is 0 Å². The van der Waals surface area contributed by atoms with Gasteiger partial charge < -0.3 is 11.1 Å². The first kappa shape index (κ1) is 13.9. The number of amides is 1. The van der Waals surface area contributed by atoms with Gasteiger partial charge >= 0.3 is 0 Å². The number of nitrogens with two attached hydrogens (primary N) is 1. The molecule has 2 rings (SSSR count). The largest absolute Gasteiger partial charge is 0.369 e. The smallest absolute Gasteiger partial charge is 0.220 e. The van der Waals surface area contributed by atoms with Crippen molar-refractivity contribution in [1.29, 1.82) is 0 Å². The first-order chi connectivity index (χ1) is 8.66. The second-order valence-corrected chi connectivity index (χ2v) is 6.30. The molecule has 1 atom stereocenters. The summed E-state index contributed by atoms with van der Waals surface area (Å²) in [6.45, 7) is 2.34. The zero-order valence-corrected chi connectivity index (χ0v) is 11.7. The Balaban J connectivity index is 1.71. The van der Waals surface area contributed by atoms with Crippen LogP contribution in [0.5, 0.6) is 0 Å². The molecule has 3 nitrogen and oxygen atoms in total.